The normalized spacial score (nSPS) is 13.7. The quantitative estimate of drug-likeness (QED) is 0.513. The first-order valence-corrected chi connectivity index (χ1v) is 10.6. The van der Waals surface area contributed by atoms with Crippen LogP contribution in [0.4, 0.5) is 11.4 Å². The van der Waals surface area contributed by atoms with Crippen LogP contribution in [0.3, 0.4) is 0 Å². The van der Waals surface area contributed by atoms with E-state index in [2.05, 4.69) is 5.32 Å². The molecule has 0 spiro atoms. The fourth-order valence-corrected chi connectivity index (χ4v) is 4.07. The molecule has 3 aromatic carbocycles. The summed E-state index contributed by atoms with van der Waals surface area (Å²) >= 11 is 6.10. The lowest BCUT2D eigenvalue weighted by molar-refractivity contribution is -0.120. The number of para-hydroxylation sites is 1. The number of benzene rings is 3. The molecule has 5 nitrogen and oxygen atoms in total. The van der Waals surface area contributed by atoms with Crippen molar-refractivity contribution in [2.75, 3.05) is 17.3 Å². The number of ether oxygens (including phenoxy) is 1. The first-order valence-electron chi connectivity index (χ1n) is 10.2. The Kier molecular flexibility index (Phi) is 5.76. The van der Waals surface area contributed by atoms with E-state index in [1.807, 2.05) is 51.1 Å². The van der Waals surface area contributed by atoms with Crippen molar-refractivity contribution in [1.82, 2.24) is 0 Å². The number of halogens is 1. The third kappa shape index (κ3) is 3.76. The molecule has 0 fully saturated rings. The van der Waals surface area contributed by atoms with E-state index in [1.54, 1.807) is 37.4 Å². The smallest absolute Gasteiger partial charge is 0.282 e. The highest BCUT2D eigenvalue weighted by Gasteiger charge is 2.41. The maximum atomic E-state index is 13.7. The monoisotopic (exact) mass is 446 g/mol. The summed E-state index contributed by atoms with van der Waals surface area (Å²) in [6, 6.07) is 18.2. The zero-order valence-corrected chi connectivity index (χ0v) is 19.1. The van der Waals surface area contributed by atoms with E-state index < -0.39 is 11.8 Å². The number of rotatable bonds is 5. The minimum Gasteiger partial charge on any atom is -0.496 e. The van der Waals surface area contributed by atoms with Gasteiger partial charge in [-0.1, -0.05) is 41.9 Å². The molecule has 162 valence electrons. The van der Waals surface area contributed by atoms with Crippen molar-refractivity contribution in [3.8, 4) is 5.75 Å². The molecule has 1 aliphatic heterocycles. The Hall–Kier alpha value is -3.57. The number of carbonyl (C=O) groups is 2. The molecule has 0 atom stereocenters. The van der Waals surface area contributed by atoms with E-state index in [9.17, 15) is 9.59 Å². The van der Waals surface area contributed by atoms with E-state index in [4.69, 9.17) is 16.3 Å². The van der Waals surface area contributed by atoms with Gasteiger partial charge >= 0.3 is 0 Å². The second-order valence-electron chi connectivity index (χ2n) is 7.77. The fourth-order valence-electron chi connectivity index (χ4n) is 3.84. The van der Waals surface area contributed by atoms with Crippen LogP contribution in [0.15, 0.2) is 66.4 Å². The number of imide groups is 1. The summed E-state index contributed by atoms with van der Waals surface area (Å²) < 4.78 is 5.50. The molecule has 32 heavy (non-hydrogen) atoms. The number of hydrogen-bond acceptors (Lipinski definition) is 4. The van der Waals surface area contributed by atoms with Crippen LogP contribution in [0, 0.1) is 20.8 Å². The van der Waals surface area contributed by atoms with Crippen LogP contribution in [0.5, 0.6) is 5.75 Å². The zero-order chi connectivity index (χ0) is 23.0. The van der Waals surface area contributed by atoms with Crippen LogP contribution in [-0.2, 0) is 9.59 Å². The van der Waals surface area contributed by atoms with Crippen molar-refractivity contribution in [3.63, 3.8) is 0 Å². The van der Waals surface area contributed by atoms with Crippen molar-refractivity contribution in [1.29, 1.82) is 0 Å². The van der Waals surface area contributed by atoms with Crippen LogP contribution in [0.1, 0.15) is 22.3 Å². The minimum atomic E-state index is -0.428. The Morgan fingerprint density at radius 3 is 2.34 bits per heavy atom. The molecule has 0 bridgehead atoms. The Labute approximate surface area is 192 Å². The predicted molar refractivity (Wildman–Crippen MR) is 128 cm³/mol. The van der Waals surface area contributed by atoms with Gasteiger partial charge in [-0.2, -0.15) is 0 Å². The first-order chi connectivity index (χ1) is 15.3. The SMILES string of the molecule is COc1ccccc1C1=C(Nc2cc(C)ccc2C)C(=O)N(c2ccc(Cl)cc2C)C1=O. The third-order valence-electron chi connectivity index (χ3n) is 5.51. The van der Waals surface area contributed by atoms with Crippen molar-refractivity contribution < 1.29 is 14.3 Å². The number of anilines is 2. The highest BCUT2D eigenvalue weighted by Crippen LogP contribution is 2.39. The molecule has 0 unspecified atom stereocenters. The van der Waals surface area contributed by atoms with Gasteiger partial charge in [0.2, 0.25) is 0 Å². The van der Waals surface area contributed by atoms with Crippen LogP contribution in [-0.4, -0.2) is 18.9 Å². The van der Waals surface area contributed by atoms with Crippen molar-refractivity contribution in [3.05, 3.63) is 93.6 Å². The van der Waals surface area contributed by atoms with Gasteiger partial charge in [0.1, 0.15) is 11.4 Å². The molecule has 0 saturated heterocycles. The Morgan fingerprint density at radius 2 is 1.62 bits per heavy atom. The largest absolute Gasteiger partial charge is 0.496 e. The van der Waals surface area contributed by atoms with Gasteiger partial charge in [-0.3, -0.25) is 9.59 Å². The molecule has 3 aromatic rings. The van der Waals surface area contributed by atoms with E-state index in [0.717, 1.165) is 22.4 Å². The highest BCUT2D eigenvalue weighted by atomic mass is 35.5. The average Bonchev–Trinajstić information content (AvgIpc) is 3.00. The van der Waals surface area contributed by atoms with Gasteiger partial charge < -0.3 is 10.1 Å². The van der Waals surface area contributed by atoms with Crippen LogP contribution in [0.25, 0.3) is 5.57 Å². The molecule has 1 aliphatic rings. The molecule has 2 amide bonds. The van der Waals surface area contributed by atoms with Gasteiger partial charge in [-0.05, 0) is 67.8 Å². The van der Waals surface area contributed by atoms with E-state index in [1.165, 1.54) is 4.90 Å². The van der Waals surface area contributed by atoms with E-state index in [0.29, 0.717) is 22.0 Å². The lowest BCUT2D eigenvalue weighted by atomic mass is 10.0. The number of nitrogens with one attached hydrogen (secondary N) is 1. The highest BCUT2D eigenvalue weighted by molar-refractivity contribution is 6.46. The molecule has 0 saturated carbocycles. The molecule has 1 N–H and O–H groups in total. The maximum Gasteiger partial charge on any atom is 0.282 e. The van der Waals surface area contributed by atoms with E-state index in [-0.39, 0.29) is 11.3 Å². The lowest BCUT2D eigenvalue weighted by Crippen LogP contribution is -2.33. The number of hydrogen-bond donors (Lipinski definition) is 1. The molecular formula is C26H23ClN2O3. The summed E-state index contributed by atoms with van der Waals surface area (Å²) in [4.78, 5) is 28.5. The third-order valence-corrected chi connectivity index (χ3v) is 5.75. The van der Waals surface area contributed by atoms with E-state index >= 15 is 0 Å². The number of amides is 2. The second kappa shape index (κ2) is 8.52. The van der Waals surface area contributed by atoms with Gasteiger partial charge in [-0.25, -0.2) is 4.90 Å². The molecule has 0 radical (unpaired) electrons. The molecule has 1 heterocycles. The summed E-state index contributed by atoms with van der Waals surface area (Å²) in [7, 11) is 1.54. The number of carbonyl (C=O) groups excluding carboxylic acids is 2. The number of methoxy groups -OCH3 is 1. The van der Waals surface area contributed by atoms with Crippen molar-refractivity contribution >= 4 is 40.4 Å². The summed E-state index contributed by atoms with van der Waals surface area (Å²) in [6.45, 7) is 5.75. The molecule has 0 aromatic heterocycles. The Bertz CT molecular complexity index is 1280. The van der Waals surface area contributed by atoms with Gasteiger partial charge in [-0.15, -0.1) is 0 Å². The van der Waals surface area contributed by atoms with Crippen molar-refractivity contribution in [2.45, 2.75) is 20.8 Å². The Morgan fingerprint density at radius 1 is 0.875 bits per heavy atom. The maximum absolute atomic E-state index is 13.7. The van der Waals surface area contributed by atoms with Gasteiger partial charge in [0.05, 0.1) is 18.4 Å². The lowest BCUT2D eigenvalue weighted by Gasteiger charge is -2.18. The van der Waals surface area contributed by atoms with Crippen LogP contribution in [0.2, 0.25) is 5.02 Å². The predicted octanol–water partition coefficient (Wildman–Crippen LogP) is 5.67. The summed E-state index contributed by atoms with van der Waals surface area (Å²) in [5.74, 6) is -0.335. The summed E-state index contributed by atoms with van der Waals surface area (Å²) in [6.07, 6.45) is 0. The number of aryl methyl sites for hydroxylation is 3. The summed E-state index contributed by atoms with van der Waals surface area (Å²) in [5.41, 5.74) is 5.02. The average molecular weight is 447 g/mol. The topological polar surface area (TPSA) is 58.6 Å². The second-order valence-corrected chi connectivity index (χ2v) is 8.21. The minimum absolute atomic E-state index is 0.211. The van der Waals surface area contributed by atoms with Crippen molar-refractivity contribution in [2.24, 2.45) is 0 Å². The first kappa shape index (κ1) is 21.7. The standard InChI is InChI=1S/C26H23ClN2O3/c1-15-9-10-16(2)20(13-15)28-24-23(19-7-5-6-8-22(19)32-4)25(30)29(26(24)31)21-12-11-18(27)14-17(21)3/h5-14,28H,1-4H3. The molecule has 0 aliphatic carbocycles. The fraction of sp³-hybridized carbons (Fsp3) is 0.154. The molecule has 4 rings (SSSR count). The van der Waals surface area contributed by atoms with Crippen LogP contribution < -0.4 is 15.0 Å². The van der Waals surface area contributed by atoms with Gasteiger partial charge in [0.15, 0.2) is 0 Å². The number of nitrogens with zero attached hydrogens (tertiary/aromatic N) is 1. The zero-order valence-electron chi connectivity index (χ0n) is 18.3. The summed E-state index contributed by atoms with van der Waals surface area (Å²) in [5, 5.41) is 3.79. The van der Waals surface area contributed by atoms with Crippen LogP contribution >= 0.6 is 11.6 Å². The van der Waals surface area contributed by atoms with Gasteiger partial charge in [0.25, 0.3) is 11.8 Å². The molecular weight excluding hydrogens is 424 g/mol. The molecule has 6 heteroatoms. The Balaban J connectivity index is 1.91. The van der Waals surface area contributed by atoms with Gasteiger partial charge in [0, 0.05) is 16.3 Å².